The van der Waals surface area contributed by atoms with Crippen LogP contribution in [0.3, 0.4) is 0 Å². The molecule has 0 radical (unpaired) electrons. The van der Waals surface area contributed by atoms with Crippen molar-refractivity contribution in [2.75, 3.05) is 29.9 Å². The average molecular weight is 307 g/mol. The Morgan fingerprint density at radius 2 is 2.29 bits per heavy atom. The summed E-state index contributed by atoms with van der Waals surface area (Å²) >= 11 is 1.97. The van der Waals surface area contributed by atoms with Crippen molar-refractivity contribution < 1.29 is 4.79 Å². The third-order valence-electron chi connectivity index (χ3n) is 3.63. The number of hydrogen-bond acceptors (Lipinski definition) is 4. The van der Waals surface area contributed by atoms with E-state index in [1.807, 2.05) is 30.8 Å². The molecule has 1 aliphatic heterocycles. The van der Waals surface area contributed by atoms with Gasteiger partial charge in [-0.15, -0.1) is 0 Å². The number of carbonyl (C=O) groups is 1. The molecule has 0 bridgehead atoms. The highest BCUT2D eigenvalue weighted by Gasteiger charge is 2.17. The molecule has 4 nitrogen and oxygen atoms in total. The maximum Gasteiger partial charge on any atom is 0.251 e. The summed E-state index contributed by atoms with van der Waals surface area (Å²) in [5.74, 6) is 4.11. The highest BCUT2D eigenvalue weighted by atomic mass is 32.2. The van der Waals surface area contributed by atoms with E-state index in [0.29, 0.717) is 17.4 Å². The second-order valence-corrected chi connectivity index (χ2v) is 6.94. The lowest BCUT2D eigenvalue weighted by atomic mass is 10.1. The van der Waals surface area contributed by atoms with Gasteiger partial charge in [-0.05, 0) is 48.8 Å². The minimum Gasteiger partial charge on any atom is -0.370 e. The molecule has 5 heteroatoms. The van der Waals surface area contributed by atoms with Gasteiger partial charge in [0.15, 0.2) is 0 Å². The van der Waals surface area contributed by atoms with Gasteiger partial charge in [0.1, 0.15) is 5.82 Å². The Balaban J connectivity index is 2.06. The summed E-state index contributed by atoms with van der Waals surface area (Å²) in [5, 5.41) is 6.27. The van der Waals surface area contributed by atoms with Gasteiger partial charge in [-0.3, -0.25) is 4.79 Å². The highest BCUT2D eigenvalue weighted by Crippen LogP contribution is 2.23. The smallest absolute Gasteiger partial charge is 0.251 e. The van der Waals surface area contributed by atoms with Crippen LogP contribution >= 0.6 is 11.8 Å². The zero-order valence-electron chi connectivity index (χ0n) is 13.1. The van der Waals surface area contributed by atoms with E-state index in [-0.39, 0.29) is 5.91 Å². The Bertz CT molecular complexity index is 484. The van der Waals surface area contributed by atoms with E-state index in [1.165, 1.54) is 12.2 Å². The molecule has 0 saturated carbocycles. The fraction of sp³-hybridized carbons (Fsp3) is 0.625. The van der Waals surface area contributed by atoms with Gasteiger partial charge in [-0.25, -0.2) is 4.98 Å². The fourth-order valence-electron chi connectivity index (χ4n) is 2.33. The third kappa shape index (κ3) is 4.63. The zero-order chi connectivity index (χ0) is 15.2. The number of pyridine rings is 1. The number of hydrogen-bond donors (Lipinski definition) is 2. The third-order valence-corrected chi connectivity index (χ3v) is 4.86. The molecule has 21 heavy (non-hydrogen) atoms. The number of anilines is 1. The van der Waals surface area contributed by atoms with Gasteiger partial charge in [-0.1, -0.05) is 13.8 Å². The lowest BCUT2D eigenvalue weighted by molar-refractivity contribution is 0.0948. The van der Waals surface area contributed by atoms with Crippen LogP contribution in [-0.4, -0.2) is 35.5 Å². The Kier molecular flexibility index (Phi) is 5.91. The molecule has 1 amide bonds. The predicted octanol–water partition coefficient (Wildman–Crippen LogP) is 3.12. The van der Waals surface area contributed by atoms with E-state index < -0.39 is 0 Å². The van der Waals surface area contributed by atoms with Gasteiger partial charge in [0.05, 0.1) is 0 Å². The van der Waals surface area contributed by atoms with E-state index >= 15 is 0 Å². The van der Waals surface area contributed by atoms with Crippen LogP contribution in [0, 0.1) is 5.92 Å². The average Bonchev–Trinajstić information content (AvgIpc) is 2.98. The molecule has 2 heterocycles. The minimum absolute atomic E-state index is 0.00959. The van der Waals surface area contributed by atoms with Gasteiger partial charge < -0.3 is 10.6 Å². The van der Waals surface area contributed by atoms with Crippen molar-refractivity contribution in [3.63, 3.8) is 0 Å². The number of carbonyl (C=O) groups excluding carboxylic acids is 1. The van der Waals surface area contributed by atoms with Crippen molar-refractivity contribution in [2.45, 2.75) is 33.1 Å². The van der Waals surface area contributed by atoms with E-state index in [1.54, 1.807) is 0 Å². The van der Waals surface area contributed by atoms with Crippen molar-refractivity contribution in [3.8, 4) is 0 Å². The maximum absolute atomic E-state index is 12.4. The second kappa shape index (κ2) is 7.69. The Hall–Kier alpha value is -1.23. The summed E-state index contributed by atoms with van der Waals surface area (Å²) in [4.78, 5) is 16.9. The highest BCUT2D eigenvalue weighted by molar-refractivity contribution is 7.99. The lowest BCUT2D eigenvalue weighted by Gasteiger charge is -2.13. The molecule has 116 valence electrons. The first kappa shape index (κ1) is 16.1. The zero-order valence-corrected chi connectivity index (χ0v) is 13.9. The number of nitrogens with zero attached hydrogens (tertiary/aromatic N) is 1. The van der Waals surface area contributed by atoms with Gasteiger partial charge >= 0.3 is 0 Å². The summed E-state index contributed by atoms with van der Waals surface area (Å²) in [6.07, 6.45) is 1.21. The molecule has 2 rings (SSSR count). The fourth-order valence-corrected chi connectivity index (χ4v) is 3.62. The molecule has 1 aromatic heterocycles. The molecule has 1 saturated heterocycles. The molecular formula is C16H25N3OS. The standard InChI is InChI=1S/C16H25N3OS/c1-4-17-15-8-13(7-14(19-15)11(2)3)16(20)18-9-12-5-6-21-10-12/h7-8,11-12H,4-6,9-10H2,1-3H3,(H,17,19)(H,18,20). The molecule has 1 aromatic rings. The predicted molar refractivity (Wildman–Crippen MR) is 90.3 cm³/mol. The first-order chi connectivity index (χ1) is 10.1. The first-order valence-electron chi connectivity index (χ1n) is 7.72. The number of aromatic nitrogens is 1. The van der Waals surface area contributed by atoms with Crippen LogP contribution in [0.4, 0.5) is 5.82 Å². The molecule has 1 fully saturated rings. The van der Waals surface area contributed by atoms with Gasteiger partial charge in [0.2, 0.25) is 0 Å². The van der Waals surface area contributed by atoms with Crippen LogP contribution in [0.5, 0.6) is 0 Å². The SMILES string of the molecule is CCNc1cc(C(=O)NCC2CCSC2)cc(C(C)C)n1. The quantitative estimate of drug-likeness (QED) is 0.848. The van der Waals surface area contributed by atoms with E-state index in [9.17, 15) is 4.79 Å². The van der Waals surface area contributed by atoms with Crippen LogP contribution in [0.15, 0.2) is 12.1 Å². The first-order valence-corrected chi connectivity index (χ1v) is 8.87. The van der Waals surface area contributed by atoms with Crippen molar-refractivity contribution in [2.24, 2.45) is 5.92 Å². The van der Waals surface area contributed by atoms with Crippen LogP contribution in [0.1, 0.15) is 49.2 Å². The summed E-state index contributed by atoms with van der Waals surface area (Å²) in [5.41, 5.74) is 1.66. The number of nitrogens with one attached hydrogen (secondary N) is 2. The van der Waals surface area contributed by atoms with Crippen molar-refractivity contribution >= 4 is 23.5 Å². The number of amides is 1. The molecule has 0 aliphatic carbocycles. The topological polar surface area (TPSA) is 54.0 Å². The van der Waals surface area contributed by atoms with E-state index in [4.69, 9.17) is 0 Å². The monoisotopic (exact) mass is 307 g/mol. The largest absolute Gasteiger partial charge is 0.370 e. The van der Waals surface area contributed by atoms with Crippen LogP contribution < -0.4 is 10.6 Å². The molecule has 1 aliphatic rings. The number of thioether (sulfide) groups is 1. The summed E-state index contributed by atoms with van der Waals surface area (Å²) in [6.45, 7) is 7.79. The minimum atomic E-state index is 0.00959. The van der Waals surface area contributed by atoms with Gasteiger partial charge in [-0.2, -0.15) is 11.8 Å². The maximum atomic E-state index is 12.4. The molecule has 0 aromatic carbocycles. The van der Waals surface area contributed by atoms with Gasteiger partial charge in [0.25, 0.3) is 5.91 Å². The van der Waals surface area contributed by atoms with Crippen LogP contribution in [-0.2, 0) is 0 Å². The number of rotatable bonds is 6. The van der Waals surface area contributed by atoms with Crippen LogP contribution in [0.2, 0.25) is 0 Å². The summed E-state index contributed by atoms with van der Waals surface area (Å²) in [7, 11) is 0. The van der Waals surface area contributed by atoms with Gasteiger partial charge in [0, 0.05) is 24.3 Å². The Labute approximate surface area is 131 Å². The molecular weight excluding hydrogens is 282 g/mol. The van der Waals surface area contributed by atoms with E-state index in [0.717, 1.165) is 30.4 Å². The van der Waals surface area contributed by atoms with Crippen molar-refractivity contribution in [1.29, 1.82) is 0 Å². The summed E-state index contributed by atoms with van der Waals surface area (Å²) < 4.78 is 0. The van der Waals surface area contributed by atoms with Crippen LogP contribution in [0.25, 0.3) is 0 Å². The lowest BCUT2D eigenvalue weighted by Crippen LogP contribution is -2.29. The Morgan fingerprint density at radius 1 is 1.48 bits per heavy atom. The van der Waals surface area contributed by atoms with Crippen molar-refractivity contribution in [1.82, 2.24) is 10.3 Å². The Morgan fingerprint density at radius 3 is 2.90 bits per heavy atom. The second-order valence-electron chi connectivity index (χ2n) is 5.79. The normalized spacial score (nSPS) is 18.0. The van der Waals surface area contributed by atoms with Crippen molar-refractivity contribution in [3.05, 3.63) is 23.4 Å². The molecule has 1 unspecified atom stereocenters. The summed E-state index contributed by atoms with van der Waals surface area (Å²) in [6, 6.07) is 3.75. The molecule has 0 spiro atoms. The molecule has 2 N–H and O–H groups in total. The molecule has 1 atom stereocenters. The van der Waals surface area contributed by atoms with E-state index in [2.05, 4.69) is 29.5 Å².